The van der Waals surface area contributed by atoms with Crippen molar-refractivity contribution in [1.29, 1.82) is 0 Å². The van der Waals surface area contributed by atoms with Crippen LogP contribution in [-0.4, -0.2) is 19.1 Å². The van der Waals surface area contributed by atoms with Crippen molar-refractivity contribution in [2.75, 3.05) is 13.2 Å². The Morgan fingerprint density at radius 2 is 1.81 bits per heavy atom. The third kappa shape index (κ3) is 6.38. The molecule has 0 bridgehead atoms. The van der Waals surface area contributed by atoms with E-state index < -0.39 is 0 Å². The summed E-state index contributed by atoms with van der Waals surface area (Å²) < 4.78 is 5.52. The molecule has 0 fully saturated rings. The van der Waals surface area contributed by atoms with Gasteiger partial charge in [0.1, 0.15) is 5.75 Å². The number of carbonyl (C=O) groups is 1. The minimum Gasteiger partial charge on any atom is -0.491 e. The highest BCUT2D eigenvalue weighted by Crippen LogP contribution is 2.23. The molecule has 3 nitrogen and oxygen atoms in total. The lowest BCUT2D eigenvalue weighted by Crippen LogP contribution is -2.34. The van der Waals surface area contributed by atoms with Crippen LogP contribution in [0, 0.1) is 17.8 Å². The number of rotatable bonds is 8. The van der Waals surface area contributed by atoms with Gasteiger partial charge in [-0.15, -0.1) is 0 Å². The lowest BCUT2D eigenvalue weighted by molar-refractivity contribution is -0.121. The predicted octanol–water partition coefficient (Wildman–Crippen LogP) is 4.15. The number of para-hydroxylation sites is 1. The summed E-state index contributed by atoms with van der Waals surface area (Å²) >= 11 is 5.99. The lowest BCUT2D eigenvalue weighted by atomic mass is 9.85. The van der Waals surface area contributed by atoms with Crippen molar-refractivity contribution in [3.8, 4) is 5.75 Å². The summed E-state index contributed by atoms with van der Waals surface area (Å²) in [6.45, 7) is 9.83. The van der Waals surface area contributed by atoms with Crippen LogP contribution in [-0.2, 0) is 4.79 Å². The van der Waals surface area contributed by atoms with E-state index in [1.807, 2.05) is 12.1 Å². The molecule has 0 aliphatic rings. The Morgan fingerprint density at radius 3 is 2.38 bits per heavy atom. The zero-order valence-electron chi connectivity index (χ0n) is 13.4. The van der Waals surface area contributed by atoms with E-state index in [1.54, 1.807) is 12.1 Å². The first kappa shape index (κ1) is 17.8. The number of ether oxygens (including phenoxy) is 1. The quantitative estimate of drug-likeness (QED) is 0.783. The molecule has 0 aliphatic carbocycles. The maximum absolute atomic E-state index is 11.8. The van der Waals surface area contributed by atoms with Crippen LogP contribution < -0.4 is 10.1 Å². The summed E-state index contributed by atoms with van der Waals surface area (Å²) in [5, 5.41) is 3.56. The number of carbonyl (C=O) groups excluding carboxylic acids is 1. The molecule has 1 amide bonds. The first-order valence-corrected chi connectivity index (χ1v) is 7.93. The van der Waals surface area contributed by atoms with Gasteiger partial charge in [-0.25, -0.2) is 0 Å². The fourth-order valence-electron chi connectivity index (χ4n) is 2.38. The van der Waals surface area contributed by atoms with E-state index in [9.17, 15) is 4.79 Å². The molecular formula is C17H26ClNO2. The molecule has 0 aliphatic heterocycles. The van der Waals surface area contributed by atoms with Crippen molar-refractivity contribution in [2.45, 2.75) is 34.1 Å². The smallest absolute Gasteiger partial charge is 0.223 e. The van der Waals surface area contributed by atoms with Gasteiger partial charge in [0.2, 0.25) is 5.91 Å². The van der Waals surface area contributed by atoms with Crippen molar-refractivity contribution in [3.05, 3.63) is 29.3 Å². The molecular weight excluding hydrogens is 286 g/mol. The van der Waals surface area contributed by atoms with Gasteiger partial charge in [-0.05, 0) is 29.9 Å². The monoisotopic (exact) mass is 311 g/mol. The van der Waals surface area contributed by atoms with Crippen LogP contribution >= 0.6 is 11.6 Å². The van der Waals surface area contributed by atoms with Crippen LogP contribution in [0.25, 0.3) is 0 Å². The molecule has 0 spiro atoms. The molecule has 0 atom stereocenters. The van der Waals surface area contributed by atoms with Gasteiger partial charge in [0.15, 0.2) is 0 Å². The van der Waals surface area contributed by atoms with Crippen LogP contribution in [0.15, 0.2) is 24.3 Å². The first-order chi connectivity index (χ1) is 9.91. The number of amides is 1. The third-order valence-electron chi connectivity index (χ3n) is 3.67. The average Bonchev–Trinajstić information content (AvgIpc) is 2.40. The molecule has 0 radical (unpaired) electrons. The summed E-state index contributed by atoms with van der Waals surface area (Å²) in [7, 11) is 0. The van der Waals surface area contributed by atoms with Gasteiger partial charge in [-0.3, -0.25) is 4.79 Å². The van der Waals surface area contributed by atoms with Crippen LogP contribution in [0.4, 0.5) is 0 Å². The van der Waals surface area contributed by atoms with Gasteiger partial charge < -0.3 is 10.1 Å². The van der Waals surface area contributed by atoms with E-state index in [-0.39, 0.29) is 5.91 Å². The van der Waals surface area contributed by atoms with E-state index >= 15 is 0 Å². The molecule has 0 aromatic heterocycles. The standard InChI is InChI=1S/C17H26ClNO2/c1-12(2)14(13(3)4)11-19-17(20)9-10-21-16-8-6-5-7-15(16)18/h5-8,12-14H,9-11H2,1-4H3,(H,19,20). The Kier molecular flexibility index (Phi) is 7.58. The van der Waals surface area contributed by atoms with Crippen molar-refractivity contribution < 1.29 is 9.53 Å². The summed E-state index contributed by atoms with van der Waals surface area (Å²) in [4.78, 5) is 11.8. The fourth-order valence-corrected chi connectivity index (χ4v) is 2.57. The van der Waals surface area contributed by atoms with E-state index in [2.05, 4.69) is 33.0 Å². The molecule has 0 unspecified atom stereocenters. The summed E-state index contributed by atoms with van der Waals surface area (Å²) in [5.74, 6) is 2.26. The molecule has 21 heavy (non-hydrogen) atoms. The number of benzene rings is 1. The highest BCUT2D eigenvalue weighted by atomic mass is 35.5. The molecule has 4 heteroatoms. The molecule has 0 heterocycles. The molecule has 0 saturated carbocycles. The summed E-state index contributed by atoms with van der Waals surface area (Å²) in [5.41, 5.74) is 0. The van der Waals surface area contributed by atoms with E-state index in [1.165, 1.54) is 0 Å². The summed E-state index contributed by atoms with van der Waals surface area (Å²) in [6, 6.07) is 7.28. The van der Waals surface area contributed by atoms with E-state index in [0.29, 0.717) is 41.6 Å². The highest BCUT2D eigenvalue weighted by molar-refractivity contribution is 6.32. The lowest BCUT2D eigenvalue weighted by Gasteiger charge is -2.25. The van der Waals surface area contributed by atoms with Gasteiger partial charge in [0.05, 0.1) is 18.1 Å². The number of nitrogens with one attached hydrogen (secondary N) is 1. The van der Waals surface area contributed by atoms with Crippen molar-refractivity contribution in [3.63, 3.8) is 0 Å². The maximum atomic E-state index is 11.8. The van der Waals surface area contributed by atoms with Crippen LogP contribution in [0.1, 0.15) is 34.1 Å². The highest BCUT2D eigenvalue weighted by Gasteiger charge is 2.18. The summed E-state index contributed by atoms with van der Waals surface area (Å²) in [6.07, 6.45) is 0.341. The van der Waals surface area contributed by atoms with Gasteiger partial charge in [-0.2, -0.15) is 0 Å². The van der Waals surface area contributed by atoms with E-state index in [0.717, 1.165) is 6.54 Å². The minimum absolute atomic E-state index is 0.0216. The average molecular weight is 312 g/mol. The topological polar surface area (TPSA) is 38.3 Å². The Bertz CT molecular complexity index is 438. The Hall–Kier alpha value is -1.22. The zero-order chi connectivity index (χ0) is 15.8. The number of hydrogen-bond acceptors (Lipinski definition) is 2. The Labute approximate surface area is 133 Å². The minimum atomic E-state index is 0.0216. The Morgan fingerprint density at radius 1 is 1.19 bits per heavy atom. The normalized spacial score (nSPS) is 11.2. The van der Waals surface area contributed by atoms with Gasteiger partial charge >= 0.3 is 0 Å². The maximum Gasteiger partial charge on any atom is 0.223 e. The molecule has 0 saturated heterocycles. The molecule has 1 aromatic carbocycles. The SMILES string of the molecule is CC(C)C(CNC(=O)CCOc1ccccc1Cl)C(C)C. The molecule has 118 valence electrons. The second-order valence-corrected chi connectivity index (χ2v) is 6.39. The molecule has 1 rings (SSSR count). The fraction of sp³-hybridized carbons (Fsp3) is 0.588. The van der Waals surface area contributed by atoms with Crippen LogP contribution in [0.3, 0.4) is 0 Å². The zero-order valence-corrected chi connectivity index (χ0v) is 14.1. The van der Waals surface area contributed by atoms with Crippen molar-refractivity contribution >= 4 is 17.5 Å². The molecule has 1 N–H and O–H groups in total. The van der Waals surface area contributed by atoms with Gasteiger partial charge in [0, 0.05) is 6.54 Å². The predicted molar refractivity (Wildman–Crippen MR) is 87.7 cm³/mol. The number of hydrogen-bond donors (Lipinski definition) is 1. The second-order valence-electron chi connectivity index (χ2n) is 5.98. The van der Waals surface area contributed by atoms with E-state index in [4.69, 9.17) is 16.3 Å². The van der Waals surface area contributed by atoms with Crippen molar-refractivity contribution in [1.82, 2.24) is 5.32 Å². The molecule has 1 aromatic rings. The van der Waals surface area contributed by atoms with Gasteiger partial charge in [0.25, 0.3) is 0 Å². The van der Waals surface area contributed by atoms with Crippen LogP contribution in [0.2, 0.25) is 5.02 Å². The second kappa shape index (κ2) is 8.93. The first-order valence-electron chi connectivity index (χ1n) is 7.55. The Balaban J connectivity index is 2.30. The number of halogens is 1. The van der Waals surface area contributed by atoms with Crippen molar-refractivity contribution in [2.24, 2.45) is 17.8 Å². The van der Waals surface area contributed by atoms with Gasteiger partial charge in [-0.1, -0.05) is 51.4 Å². The largest absolute Gasteiger partial charge is 0.491 e. The third-order valence-corrected chi connectivity index (χ3v) is 3.98. The van der Waals surface area contributed by atoms with Crippen LogP contribution in [0.5, 0.6) is 5.75 Å².